The first-order valence-corrected chi connectivity index (χ1v) is 10.0. The van der Waals surface area contributed by atoms with Gasteiger partial charge in [-0.25, -0.2) is 4.79 Å². The Bertz CT molecular complexity index is 842. The number of carbonyl (C=O) groups excluding carboxylic acids is 1. The SMILES string of the molecule is C1COCC[NH2+]1.C=CCOC(=O)C1=C(C)NC(=S)C(=C=[N-])C1c1ccc(OC)cc1. The van der Waals surface area contributed by atoms with E-state index in [4.69, 9.17) is 26.4 Å². The predicted molar refractivity (Wildman–Crippen MR) is 120 cm³/mol. The summed E-state index contributed by atoms with van der Waals surface area (Å²) in [5.74, 6) is 1.72. The Morgan fingerprint density at radius 1 is 1.40 bits per heavy atom. The molecule has 160 valence electrons. The topological polar surface area (TPSA) is 95.7 Å². The van der Waals surface area contributed by atoms with Crippen LogP contribution in [0.2, 0.25) is 0 Å². The van der Waals surface area contributed by atoms with Gasteiger partial charge < -0.3 is 30.3 Å². The smallest absolute Gasteiger partial charge is 0.337 e. The third-order valence-electron chi connectivity index (χ3n) is 4.58. The maximum atomic E-state index is 12.5. The molecule has 3 rings (SSSR count). The Kier molecular flexibility index (Phi) is 9.44. The summed E-state index contributed by atoms with van der Waals surface area (Å²) in [5, 5.41) is 14.7. The van der Waals surface area contributed by atoms with Crippen molar-refractivity contribution in [2.45, 2.75) is 12.8 Å². The molecular weight excluding hydrogens is 402 g/mol. The molecular formula is C22H27N3O4S. The highest BCUT2D eigenvalue weighted by molar-refractivity contribution is 7.80. The van der Waals surface area contributed by atoms with Crippen LogP contribution in [0.1, 0.15) is 18.4 Å². The average molecular weight is 430 g/mol. The van der Waals surface area contributed by atoms with E-state index in [9.17, 15) is 10.2 Å². The number of esters is 1. The first-order valence-electron chi connectivity index (χ1n) is 9.63. The number of methoxy groups -OCH3 is 1. The van der Waals surface area contributed by atoms with E-state index in [0.717, 1.165) is 31.9 Å². The van der Waals surface area contributed by atoms with Crippen molar-refractivity contribution < 1.29 is 24.3 Å². The van der Waals surface area contributed by atoms with Crippen molar-refractivity contribution in [1.82, 2.24) is 5.32 Å². The van der Waals surface area contributed by atoms with Gasteiger partial charge in [0.2, 0.25) is 0 Å². The van der Waals surface area contributed by atoms with Crippen molar-refractivity contribution in [2.75, 3.05) is 40.0 Å². The largest absolute Gasteiger partial charge is 0.763 e. The average Bonchev–Trinajstić information content (AvgIpc) is 2.78. The van der Waals surface area contributed by atoms with E-state index in [1.54, 1.807) is 26.2 Å². The van der Waals surface area contributed by atoms with Gasteiger partial charge in [-0.15, -0.1) is 0 Å². The quantitative estimate of drug-likeness (QED) is 0.242. The zero-order valence-electron chi connectivity index (χ0n) is 17.3. The molecule has 1 unspecified atom stereocenters. The normalized spacial score (nSPS) is 18.4. The molecule has 0 aromatic heterocycles. The molecule has 8 heteroatoms. The van der Waals surface area contributed by atoms with Crippen molar-refractivity contribution >= 4 is 29.0 Å². The number of nitrogens with zero attached hydrogens (tertiary/aromatic N) is 1. The summed E-state index contributed by atoms with van der Waals surface area (Å²) in [6, 6.07) is 7.17. The molecule has 0 saturated carbocycles. The van der Waals surface area contributed by atoms with Crippen molar-refractivity contribution in [3.05, 3.63) is 64.7 Å². The van der Waals surface area contributed by atoms with E-state index in [1.807, 2.05) is 12.1 Å². The number of quaternary nitrogens is 1. The highest BCUT2D eigenvalue weighted by atomic mass is 32.1. The van der Waals surface area contributed by atoms with Gasteiger partial charge in [-0.1, -0.05) is 37.0 Å². The van der Waals surface area contributed by atoms with E-state index in [2.05, 4.69) is 23.1 Å². The second-order valence-corrected chi connectivity index (χ2v) is 7.00. The van der Waals surface area contributed by atoms with E-state index in [0.29, 0.717) is 27.6 Å². The number of nitrogens with one attached hydrogen (secondary N) is 1. The Labute approximate surface area is 182 Å². The van der Waals surface area contributed by atoms with Crippen molar-refractivity contribution in [3.63, 3.8) is 0 Å². The molecule has 7 nitrogen and oxygen atoms in total. The molecule has 0 spiro atoms. The minimum absolute atomic E-state index is 0.0945. The lowest BCUT2D eigenvalue weighted by Crippen LogP contribution is -2.87. The van der Waals surface area contributed by atoms with Gasteiger partial charge in [0.15, 0.2) is 0 Å². The van der Waals surface area contributed by atoms with Crippen LogP contribution in [0.25, 0.3) is 5.41 Å². The van der Waals surface area contributed by atoms with Crippen molar-refractivity contribution in [3.8, 4) is 5.75 Å². The number of benzene rings is 1. The molecule has 2 heterocycles. The second kappa shape index (κ2) is 12.0. The molecule has 1 aromatic carbocycles. The molecule has 2 aliphatic heterocycles. The number of thiocarbonyl (C=S) groups is 1. The molecule has 30 heavy (non-hydrogen) atoms. The summed E-state index contributed by atoms with van der Waals surface area (Å²) in [6.07, 6.45) is 1.49. The summed E-state index contributed by atoms with van der Waals surface area (Å²) in [5.41, 5.74) is 2.02. The number of nitrogens with two attached hydrogens (primary N) is 1. The van der Waals surface area contributed by atoms with Gasteiger partial charge in [0.25, 0.3) is 0 Å². The maximum absolute atomic E-state index is 12.5. The van der Waals surface area contributed by atoms with Gasteiger partial charge in [-0.2, -0.15) is 0 Å². The van der Waals surface area contributed by atoms with Gasteiger partial charge in [-0.05, 0) is 24.6 Å². The number of allylic oxidation sites excluding steroid dienone is 1. The van der Waals surface area contributed by atoms with Gasteiger partial charge in [0.1, 0.15) is 17.3 Å². The standard InChI is InChI=1S/C18H17N2O3S.C4H9NO/c1-4-9-23-18(21)15-11(2)20-17(24)14(10-19)16(15)12-5-7-13(22-3)8-6-12;1-3-6-4-2-5-1/h4-8,16H,1,9H2,2-3H3,(H,20,24);5H,1-4H2/q-1;/p+1. The monoisotopic (exact) mass is 429 g/mol. The minimum Gasteiger partial charge on any atom is -0.763 e. The van der Waals surface area contributed by atoms with Gasteiger partial charge in [0, 0.05) is 11.3 Å². The lowest BCUT2D eigenvalue weighted by atomic mass is 9.81. The van der Waals surface area contributed by atoms with Crippen LogP contribution in [0.15, 0.2) is 53.8 Å². The van der Waals surface area contributed by atoms with Crippen LogP contribution >= 0.6 is 12.2 Å². The van der Waals surface area contributed by atoms with Crippen LogP contribution < -0.4 is 15.4 Å². The van der Waals surface area contributed by atoms with Gasteiger partial charge in [0.05, 0.1) is 44.9 Å². The Hall–Kier alpha value is -2.77. The number of ether oxygens (including phenoxy) is 3. The number of rotatable bonds is 5. The molecule has 1 fully saturated rings. The molecule has 0 amide bonds. The zero-order valence-corrected chi connectivity index (χ0v) is 18.1. The van der Waals surface area contributed by atoms with Crippen LogP contribution in [0.3, 0.4) is 0 Å². The van der Waals surface area contributed by atoms with Crippen LogP contribution in [0, 0.1) is 0 Å². The van der Waals surface area contributed by atoms with E-state index in [1.165, 1.54) is 6.08 Å². The third-order valence-corrected chi connectivity index (χ3v) is 4.90. The summed E-state index contributed by atoms with van der Waals surface area (Å²) < 4.78 is 15.4. The van der Waals surface area contributed by atoms with Crippen LogP contribution in [-0.2, 0) is 14.3 Å². The van der Waals surface area contributed by atoms with Gasteiger partial charge in [-0.3, -0.25) is 5.87 Å². The summed E-state index contributed by atoms with van der Waals surface area (Å²) in [7, 11) is 1.57. The molecule has 2 aliphatic rings. The van der Waals surface area contributed by atoms with Crippen LogP contribution in [-0.4, -0.2) is 56.8 Å². The second-order valence-electron chi connectivity index (χ2n) is 6.59. The fraction of sp³-hybridized carbons (Fsp3) is 0.364. The van der Waals surface area contributed by atoms with Gasteiger partial charge >= 0.3 is 5.97 Å². The molecule has 0 aliphatic carbocycles. The Morgan fingerprint density at radius 2 is 2.07 bits per heavy atom. The number of hydrogen-bond donors (Lipinski definition) is 2. The highest BCUT2D eigenvalue weighted by Crippen LogP contribution is 2.37. The van der Waals surface area contributed by atoms with E-state index in [-0.39, 0.29) is 6.61 Å². The first kappa shape index (κ1) is 23.5. The number of hydrogen-bond acceptors (Lipinski definition) is 5. The third kappa shape index (κ3) is 6.11. The highest BCUT2D eigenvalue weighted by Gasteiger charge is 2.34. The van der Waals surface area contributed by atoms with E-state index < -0.39 is 11.9 Å². The summed E-state index contributed by atoms with van der Waals surface area (Å²) in [6.45, 7) is 9.56. The Balaban J connectivity index is 0.000000456. The number of morpholine rings is 1. The first-order chi connectivity index (χ1) is 14.5. The molecule has 0 radical (unpaired) electrons. The molecule has 1 aromatic rings. The molecule has 1 atom stereocenters. The lowest BCUT2D eigenvalue weighted by Gasteiger charge is -2.30. The molecule has 1 saturated heterocycles. The van der Waals surface area contributed by atoms with E-state index >= 15 is 0 Å². The van der Waals surface area contributed by atoms with Crippen molar-refractivity contribution in [2.24, 2.45) is 0 Å². The lowest BCUT2D eigenvalue weighted by molar-refractivity contribution is -0.670. The predicted octanol–water partition coefficient (Wildman–Crippen LogP) is 1.46. The zero-order chi connectivity index (χ0) is 21.9. The molecule has 3 N–H and O–H groups in total. The minimum atomic E-state index is -0.577. The summed E-state index contributed by atoms with van der Waals surface area (Å²) >= 11 is 5.26. The summed E-state index contributed by atoms with van der Waals surface area (Å²) in [4.78, 5) is 12.8. The van der Waals surface area contributed by atoms with Crippen molar-refractivity contribution in [1.29, 1.82) is 0 Å². The Morgan fingerprint density at radius 3 is 2.53 bits per heavy atom. The fourth-order valence-electron chi connectivity index (χ4n) is 3.10. The molecule has 0 bridgehead atoms. The fourth-order valence-corrected chi connectivity index (χ4v) is 3.42. The maximum Gasteiger partial charge on any atom is 0.337 e. The van der Waals surface area contributed by atoms with Crippen LogP contribution in [0.4, 0.5) is 0 Å². The van der Waals surface area contributed by atoms with Crippen LogP contribution in [0.5, 0.6) is 5.75 Å². The number of carbonyl (C=O) groups is 1.